The number of amides is 1. The molecule has 3 aromatic rings. The molecule has 3 heterocycles. The highest BCUT2D eigenvalue weighted by Gasteiger charge is 2.29. The number of thiazole rings is 1. The van der Waals surface area contributed by atoms with Crippen LogP contribution in [0.25, 0.3) is 10.6 Å². The molecule has 0 bridgehead atoms. The number of rotatable bonds is 5. The minimum absolute atomic E-state index is 0. The lowest BCUT2D eigenvalue weighted by atomic mass is 10.1. The molecule has 0 atom stereocenters. The Kier molecular flexibility index (Phi) is 6.16. The molecule has 0 spiro atoms. The van der Waals surface area contributed by atoms with Crippen LogP contribution in [0.5, 0.6) is 5.75 Å². The number of carbonyl (C=O) groups excluding carboxylic acids is 1. The van der Waals surface area contributed by atoms with Crippen LogP contribution in [0.15, 0.2) is 52.9 Å². The SMILES string of the molecule is Cl.O=C1c2c(O)c(=O)c(-c3nccs3)cn2CCN1CCCc1ccccc1. The Bertz CT molecular complexity index is 1020. The highest BCUT2D eigenvalue weighted by atomic mass is 35.5. The Labute approximate surface area is 172 Å². The van der Waals surface area contributed by atoms with Crippen molar-refractivity contribution in [1.82, 2.24) is 14.5 Å². The molecule has 1 aliphatic rings. The molecule has 0 unspecified atom stereocenters. The lowest BCUT2D eigenvalue weighted by Gasteiger charge is -2.30. The van der Waals surface area contributed by atoms with Crippen LogP contribution >= 0.6 is 23.7 Å². The maximum absolute atomic E-state index is 12.8. The fraction of sp³-hybridized carbons (Fsp3) is 0.250. The van der Waals surface area contributed by atoms with Gasteiger partial charge in [0.2, 0.25) is 5.43 Å². The summed E-state index contributed by atoms with van der Waals surface area (Å²) in [7, 11) is 0. The summed E-state index contributed by atoms with van der Waals surface area (Å²) in [5.41, 5.74) is 1.09. The molecule has 1 aliphatic heterocycles. The van der Waals surface area contributed by atoms with Gasteiger partial charge in [-0.25, -0.2) is 4.98 Å². The van der Waals surface area contributed by atoms with Crippen molar-refractivity contribution in [2.45, 2.75) is 19.4 Å². The van der Waals surface area contributed by atoms with E-state index in [9.17, 15) is 14.7 Å². The number of halogens is 1. The van der Waals surface area contributed by atoms with Crippen molar-refractivity contribution >= 4 is 29.7 Å². The number of aromatic nitrogens is 2. The van der Waals surface area contributed by atoms with E-state index in [2.05, 4.69) is 17.1 Å². The van der Waals surface area contributed by atoms with Crippen LogP contribution in [-0.2, 0) is 13.0 Å². The molecule has 1 aromatic carbocycles. The van der Waals surface area contributed by atoms with E-state index in [1.165, 1.54) is 16.9 Å². The minimum Gasteiger partial charge on any atom is -0.503 e. The molecule has 8 heteroatoms. The third-order valence-corrected chi connectivity index (χ3v) is 5.56. The summed E-state index contributed by atoms with van der Waals surface area (Å²) < 4.78 is 1.67. The van der Waals surface area contributed by atoms with E-state index in [1.54, 1.807) is 27.2 Å². The molecule has 0 fully saturated rings. The Morgan fingerprint density at radius 3 is 2.64 bits per heavy atom. The van der Waals surface area contributed by atoms with Gasteiger partial charge in [0.25, 0.3) is 5.91 Å². The van der Waals surface area contributed by atoms with Crippen LogP contribution < -0.4 is 5.43 Å². The third kappa shape index (κ3) is 3.81. The van der Waals surface area contributed by atoms with Crippen molar-refractivity contribution < 1.29 is 9.90 Å². The summed E-state index contributed by atoms with van der Waals surface area (Å²) in [5, 5.41) is 12.7. The second-order valence-corrected chi connectivity index (χ2v) is 7.38. The van der Waals surface area contributed by atoms with E-state index in [1.807, 2.05) is 18.2 Å². The summed E-state index contributed by atoms with van der Waals surface area (Å²) in [6, 6.07) is 10.1. The highest BCUT2D eigenvalue weighted by molar-refractivity contribution is 7.13. The van der Waals surface area contributed by atoms with Crippen molar-refractivity contribution in [1.29, 1.82) is 0 Å². The molecule has 1 amide bonds. The Morgan fingerprint density at radius 2 is 1.93 bits per heavy atom. The van der Waals surface area contributed by atoms with Gasteiger partial charge < -0.3 is 14.6 Å². The van der Waals surface area contributed by atoms with Crippen LogP contribution in [0.1, 0.15) is 22.5 Å². The van der Waals surface area contributed by atoms with Gasteiger partial charge in [0.05, 0.1) is 5.56 Å². The molecule has 1 N–H and O–H groups in total. The molecule has 0 saturated carbocycles. The van der Waals surface area contributed by atoms with Crippen molar-refractivity contribution in [3.63, 3.8) is 0 Å². The second kappa shape index (κ2) is 8.58. The second-order valence-electron chi connectivity index (χ2n) is 6.48. The lowest BCUT2D eigenvalue weighted by molar-refractivity contribution is 0.0695. The first-order valence-corrected chi connectivity index (χ1v) is 9.72. The Hall–Kier alpha value is -2.64. The number of pyridine rings is 1. The summed E-state index contributed by atoms with van der Waals surface area (Å²) in [6.45, 7) is 1.69. The Balaban J connectivity index is 0.00000225. The quantitative estimate of drug-likeness (QED) is 0.691. The topological polar surface area (TPSA) is 75.4 Å². The van der Waals surface area contributed by atoms with Gasteiger partial charge in [-0.1, -0.05) is 30.3 Å². The van der Waals surface area contributed by atoms with Crippen molar-refractivity contribution in [2.75, 3.05) is 13.1 Å². The lowest BCUT2D eigenvalue weighted by Crippen LogP contribution is -2.42. The van der Waals surface area contributed by atoms with Crippen LogP contribution in [0, 0.1) is 0 Å². The van der Waals surface area contributed by atoms with Gasteiger partial charge in [0, 0.05) is 37.4 Å². The first kappa shape index (κ1) is 20.1. The van der Waals surface area contributed by atoms with E-state index >= 15 is 0 Å². The predicted molar refractivity (Wildman–Crippen MR) is 111 cm³/mol. The molecule has 2 aromatic heterocycles. The molecule has 0 saturated heterocycles. The fourth-order valence-electron chi connectivity index (χ4n) is 3.37. The van der Waals surface area contributed by atoms with Gasteiger partial charge in [-0.05, 0) is 18.4 Å². The minimum atomic E-state index is -0.546. The summed E-state index contributed by atoms with van der Waals surface area (Å²) in [6.07, 6.45) is 4.96. The number of nitrogens with zero attached hydrogens (tertiary/aromatic N) is 3. The number of benzene rings is 1. The van der Waals surface area contributed by atoms with Gasteiger partial charge in [-0.3, -0.25) is 9.59 Å². The van der Waals surface area contributed by atoms with Crippen molar-refractivity contribution in [3.05, 3.63) is 69.6 Å². The zero-order chi connectivity index (χ0) is 18.8. The van der Waals surface area contributed by atoms with Gasteiger partial charge in [-0.15, -0.1) is 23.7 Å². The van der Waals surface area contributed by atoms with Gasteiger partial charge >= 0.3 is 0 Å². The largest absolute Gasteiger partial charge is 0.503 e. The van der Waals surface area contributed by atoms with Crippen molar-refractivity contribution in [3.8, 4) is 16.3 Å². The van der Waals surface area contributed by atoms with Gasteiger partial charge in [-0.2, -0.15) is 0 Å². The smallest absolute Gasteiger partial charge is 0.274 e. The number of aromatic hydroxyl groups is 1. The number of hydrogen-bond acceptors (Lipinski definition) is 5. The molecule has 4 rings (SSSR count). The van der Waals surface area contributed by atoms with E-state index in [4.69, 9.17) is 0 Å². The monoisotopic (exact) mass is 417 g/mol. The maximum Gasteiger partial charge on any atom is 0.274 e. The number of fused-ring (bicyclic) bond motifs is 1. The zero-order valence-corrected chi connectivity index (χ0v) is 16.7. The predicted octanol–water partition coefficient (Wildman–Crippen LogP) is 3.19. The van der Waals surface area contributed by atoms with Crippen LogP contribution in [-0.4, -0.2) is 38.6 Å². The first-order chi connectivity index (χ1) is 13.1. The standard InChI is InChI=1S/C20H19N3O3S.ClH/c24-17-15(19-21-8-12-27-19)13-23-11-10-22(20(26)16(23)18(17)25)9-4-7-14-5-2-1-3-6-14;/h1-3,5-6,8,12-13,25H,4,7,9-11H2;1H. The molecular weight excluding hydrogens is 398 g/mol. The molecule has 0 aliphatic carbocycles. The fourth-order valence-corrected chi connectivity index (χ4v) is 4.02. The number of carbonyl (C=O) groups is 1. The molecule has 0 radical (unpaired) electrons. The first-order valence-electron chi connectivity index (χ1n) is 8.84. The average molecular weight is 418 g/mol. The highest BCUT2D eigenvalue weighted by Crippen LogP contribution is 2.26. The number of hydrogen-bond donors (Lipinski definition) is 1. The van der Waals surface area contributed by atoms with E-state index in [0.29, 0.717) is 30.2 Å². The third-order valence-electron chi connectivity index (χ3n) is 4.76. The van der Waals surface area contributed by atoms with E-state index in [0.717, 1.165) is 12.8 Å². The maximum atomic E-state index is 12.8. The molecule has 146 valence electrons. The van der Waals surface area contributed by atoms with E-state index in [-0.39, 0.29) is 24.0 Å². The molecule has 6 nitrogen and oxygen atoms in total. The summed E-state index contributed by atoms with van der Waals surface area (Å²) >= 11 is 1.33. The average Bonchev–Trinajstić information content (AvgIpc) is 3.21. The van der Waals surface area contributed by atoms with Crippen LogP contribution in [0.2, 0.25) is 0 Å². The summed E-state index contributed by atoms with van der Waals surface area (Å²) in [4.78, 5) is 31.2. The van der Waals surface area contributed by atoms with Gasteiger partial charge in [0.15, 0.2) is 11.4 Å². The van der Waals surface area contributed by atoms with Crippen LogP contribution in [0.3, 0.4) is 0 Å². The van der Waals surface area contributed by atoms with Gasteiger partial charge in [0.1, 0.15) is 5.01 Å². The summed E-state index contributed by atoms with van der Waals surface area (Å²) in [5.74, 6) is -0.782. The normalized spacial score (nSPS) is 13.1. The molecule has 28 heavy (non-hydrogen) atoms. The van der Waals surface area contributed by atoms with E-state index < -0.39 is 11.2 Å². The van der Waals surface area contributed by atoms with Crippen molar-refractivity contribution in [2.24, 2.45) is 0 Å². The zero-order valence-electron chi connectivity index (χ0n) is 15.1. The van der Waals surface area contributed by atoms with Crippen LogP contribution in [0.4, 0.5) is 0 Å². The number of aryl methyl sites for hydroxylation is 1. The Morgan fingerprint density at radius 1 is 1.14 bits per heavy atom. The molecular formula is C20H20ClN3O3S.